The van der Waals surface area contributed by atoms with Crippen LogP contribution in [0.2, 0.25) is 0 Å². The molecule has 0 saturated carbocycles. The molecule has 2 heterocycles. The lowest BCUT2D eigenvalue weighted by Gasteiger charge is -2.44. The van der Waals surface area contributed by atoms with Gasteiger partial charge in [-0.25, -0.2) is 0 Å². The second-order valence-electron chi connectivity index (χ2n) is 11.0. The molecule has 7 nitrogen and oxygen atoms in total. The van der Waals surface area contributed by atoms with E-state index in [1.165, 1.54) is 5.56 Å². The van der Waals surface area contributed by atoms with Crippen molar-refractivity contribution in [1.29, 1.82) is 0 Å². The van der Waals surface area contributed by atoms with Gasteiger partial charge >= 0.3 is 0 Å². The molecular formula is C32H36Cl3N3O4. The van der Waals surface area contributed by atoms with Crippen LogP contribution in [0.15, 0.2) is 78.9 Å². The molecule has 0 aromatic heterocycles. The number of ether oxygens (including phenoxy) is 2. The maximum atomic E-state index is 12.3. The molecule has 3 aromatic carbocycles. The van der Waals surface area contributed by atoms with Gasteiger partial charge in [0.1, 0.15) is 0 Å². The number of carbonyl (C=O) groups excluding carboxylic acids is 1. The van der Waals surface area contributed by atoms with E-state index >= 15 is 0 Å². The molecule has 3 aromatic rings. The summed E-state index contributed by atoms with van der Waals surface area (Å²) < 4.78 is 11.1. The molecule has 5 rings (SSSR count). The summed E-state index contributed by atoms with van der Waals surface area (Å²) >= 11 is 17.3. The molecule has 2 saturated heterocycles. The molecule has 2 aliphatic heterocycles. The summed E-state index contributed by atoms with van der Waals surface area (Å²) in [7, 11) is 0. The van der Waals surface area contributed by atoms with E-state index in [0.717, 1.165) is 56.0 Å². The fourth-order valence-corrected chi connectivity index (χ4v) is 5.66. The molecule has 0 aliphatic carbocycles. The minimum atomic E-state index is -2.08. The SMILES string of the molecule is CC1C(CN2CCN(Cc3ccccc3)CC2)OC(c2cccc(NC(=O)C(Cl)(Cl)Cl)c2)OC1c1ccc(CO)cc1. The third-order valence-corrected chi connectivity index (χ3v) is 8.46. The quantitative estimate of drug-likeness (QED) is 0.293. The molecule has 0 radical (unpaired) electrons. The van der Waals surface area contributed by atoms with Gasteiger partial charge in [-0.3, -0.25) is 14.6 Å². The summed E-state index contributed by atoms with van der Waals surface area (Å²) in [5.74, 6) is -0.675. The van der Waals surface area contributed by atoms with Crippen LogP contribution in [0.4, 0.5) is 5.69 Å². The third kappa shape index (κ3) is 8.04. The van der Waals surface area contributed by atoms with Crippen LogP contribution in [0.3, 0.4) is 0 Å². The van der Waals surface area contributed by atoms with E-state index in [1.54, 1.807) is 18.2 Å². The number of hydrogen-bond acceptors (Lipinski definition) is 6. The van der Waals surface area contributed by atoms with Crippen molar-refractivity contribution in [2.75, 3.05) is 38.0 Å². The Hall–Kier alpha value is -2.20. The lowest BCUT2D eigenvalue weighted by molar-refractivity contribution is -0.276. The van der Waals surface area contributed by atoms with Crippen LogP contribution >= 0.6 is 34.8 Å². The molecule has 2 N–H and O–H groups in total. The predicted molar refractivity (Wildman–Crippen MR) is 166 cm³/mol. The topological polar surface area (TPSA) is 74.3 Å². The number of nitrogens with one attached hydrogen (secondary N) is 1. The number of carbonyl (C=O) groups is 1. The number of anilines is 1. The molecule has 42 heavy (non-hydrogen) atoms. The molecule has 0 spiro atoms. The molecule has 2 aliphatic rings. The maximum Gasteiger partial charge on any atom is 0.276 e. The fourth-order valence-electron chi connectivity index (χ4n) is 5.52. The van der Waals surface area contributed by atoms with Crippen molar-refractivity contribution >= 4 is 46.4 Å². The zero-order chi connectivity index (χ0) is 29.7. The highest BCUT2D eigenvalue weighted by atomic mass is 35.6. The van der Waals surface area contributed by atoms with Crippen LogP contribution in [0.25, 0.3) is 0 Å². The zero-order valence-electron chi connectivity index (χ0n) is 23.5. The Labute approximate surface area is 262 Å². The Bertz CT molecular complexity index is 1310. The zero-order valence-corrected chi connectivity index (χ0v) is 25.7. The van der Waals surface area contributed by atoms with Gasteiger partial charge in [0.25, 0.3) is 9.70 Å². The lowest BCUT2D eigenvalue weighted by Crippen LogP contribution is -2.51. The van der Waals surface area contributed by atoms with Crippen LogP contribution in [0, 0.1) is 5.92 Å². The molecule has 0 bridgehead atoms. The van der Waals surface area contributed by atoms with Crippen molar-refractivity contribution in [3.63, 3.8) is 0 Å². The number of halogens is 3. The average Bonchev–Trinajstić information content (AvgIpc) is 2.99. The van der Waals surface area contributed by atoms with E-state index in [0.29, 0.717) is 5.69 Å². The van der Waals surface area contributed by atoms with Crippen LogP contribution in [-0.4, -0.2) is 63.4 Å². The normalized spacial score (nSPS) is 23.9. The minimum Gasteiger partial charge on any atom is -0.392 e. The molecule has 4 unspecified atom stereocenters. The van der Waals surface area contributed by atoms with E-state index in [1.807, 2.05) is 36.4 Å². The Morgan fingerprint density at radius 1 is 0.881 bits per heavy atom. The number of nitrogens with zero attached hydrogens (tertiary/aromatic N) is 2. The fraction of sp³-hybridized carbons (Fsp3) is 0.406. The number of rotatable bonds is 8. The second kappa shape index (κ2) is 14.1. The Kier molecular flexibility index (Phi) is 10.5. The van der Waals surface area contributed by atoms with Crippen molar-refractivity contribution in [1.82, 2.24) is 9.80 Å². The number of aliphatic hydroxyl groups excluding tert-OH is 1. The van der Waals surface area contributed by atoms with Gasteiger partial charge in [-0.15, -0.1) is 0 Å². The summed E-state index contributed by atoms with van der Waals surface area (Å²) in [4.78, 5) is 17.2. The van der Waals surface area contributed by atoms with Crippen LogP contribution in [-0.2, 0) is 27.4 Å². The van der Waals surface area contributed by atoms with Gasteiger partial charge in [-0.2, -0.15) is 0 Å². The summed E-state index contributed by atoms with van der Waals surface area (Å²) in [6.45, 7) is 7.78. The standard InChI is InChI=1S/C32H36Cl3N3O4/c1-22-28(20-38-16-14-37(15-17-38)19-23-6-3-2-4-7-23)41-30(42-29(22)25-12-10-24(21-39)11-13-25)26-8-5-9-27(18-26)36-31(40)32(33,34)35/h2-13,18,22,28-30,39H,14-17,19-21H2,1H3,(H,36,40). The smallest absolute Gasteiger partial charge is 0.276 e. The highest BCUT2D eigenvalue weighted by molar-refractivity contribution is 6.76. The van der Waals surface area contributed by atoms with E-state index in [9.17, 15) is 9.90 Å². The van der Waals surface area contributed by atoms with Crippen molar-refractivity contribution in [3.05, 3.63) is 101 Å². The predicted octanol–water partition coefficient (Wildman–Crippen LogP) is 6.10. The molecule has 10 heteroatoms. The number of alkyl halides is 3. The van der Waals surface area contributed by atoms with Crippen LogP contribution < -0.4 is 5.32 Å². The van der Waals surface area contributed by atoms with Gasteiger partial charge in [0, 0.05) is 56.4 Å². The maximum absolute atomic E-state index is 12.3. The second-order valence-corrected chi connectivity index (χ2v) is 13.2. The van der Waals surface area contributed by atoms with Gasteiger partial charge in [0.2, 0.25) is 0 Å². The van der Waals surface area contributed by atoms with Gasteiger partial charge in [-0.05, 0) is 28.8 Å². The molecular weight excluding hydrogens is 597 g/mol. The highest BCUT2D eigenvalue weighted by Gasteiger charge is 2.39. The van der Waals surface area contributed by atoms with Crippen molar-refractivity contribution in [2.24, 2.45) is 5.92 Å². The average molecular weight is 633 g/mol. The van der Waals surface area contributed by atoms with E-state index in [2.05, 4.69) is 46.3 Å². The van der Waals surface area contributed by atoms with Gasteiger partial charge in [-0.1, -0.05) is 108 Å². The van der Waals surface area contributed by atoms with E-state index in [4.69, 9.17) is 44.3 Å². The molecule has 1 amide bonds. The number of amides is 1. The van der Waals surface area contributed by atoms with E-state index in [-0.39, 0.29) is 24.7 Å². The number of benzene rings is 3. The Morgan fingerprint density at radius 2 is 1.57 bits per heavy atom. The van der Waals surface area contributed by atoms with Gasteiger partial charge in [0.15, 0.2) is 6.29 Å². The minimum absolute atomic E-state index is 0.0152. The van der Waals surface area contributed by atoms with Crippen molar-refractivity contribution < 1.29 is 19.4 Å². The van der Waals surface area contributed by atoms with Crippen LogP contribution in [0.1, 0.15) is 41.6 Å². The summed E-state index contributed by atoms with van der Waals surface area (Å²) in [6, 6.07) is 25.6. The van der Waals surface area contributed by atoms with Crippen molar-refractivity contribution in [3.8, 4) is 0 Å². The monoisotopic (exact) mass is 631 g/mol. The number of aliphatic hydroxyl groups is 1. The van der Waals surface area contributed by atoms with Gasteiger partial charge in [0.05, 0.1) is 18.8 Å². The first-order valence-electron chi connectivity index (χ1n) is 14.2. The summed E-state index contributed by atoms with van der Waals surface area (Å²) in [5, 5.41) is 12.2. The third-order valence-electron chi connectivity index (χ3n) is 7.95. The number of piperazine rings is 1. The van der Waals surface area contributed by atoms with Crippen LogP contribution in [0.5, 0.6) is 0 Å². The molecule has 2 fully saturated rings. The number of hydrogen-bond donors (Lipinski definition) is 2. The largest absolute Gasteiger partial charge is 0.392 e. The summed E-state index contributed by atoms with van der Waals surface area (Å²) in [5.41, 5.74) is 4.42. The van der Waals surface area contributed by atoms with Gasteiger partial charge < -0.3 is 19.9 Å². The molecule has 224 valence electrons. The molecule has 4 atom stereocenters. The Balaban J connectivity index is 1.31. The van der Waals surface area contributed by atoms with E-state index < -0.39 is 16.0 Å². The van der Waals surface area contributed by atoms with Crippen molar-refractivity contribution in [2.45, 2.75) is 42.4 Å². The first kappa shape index (κ1) is 31.2. The Morgan fingerprint density at radius 3 is 2.24 bits per heavy atom. The lowest BCUT2D eigenvalue weighted by atomic mass is 9.90. The summed E-state index contributed by atoms with van der Waals surface area (Å²) in [6.07, 6.45) is -1.01. The first-order valence-corrected chi connectivity index (χ1v) is 15.3. The highest BCUT2D eigenvalue weighted by Crippen LogP contribution is 2.42. The first-order chi connectivity index (χ1) is 20.2.